The number of nitrogens with zero attached hydrogens (tertiary/aromatic N) is 1. The minimum Gasteiger partial charge on any atom is -0.325 e. The van der Waals surface area contributed by atoms with E-state index in [2.05, 4.69) is 5.32 Å². The quantitative estimate of drug-likeness (QED) is 0.850. The van der Waals surface area contributed by atoms with Gasteiger partial charge in [0.1, 0.15) is 12.0 Å². The van der Waals surface area contributed by atoms with Gasteiger partial charge >= 0.3 is 0 Å². The number of hydrogen-bond donors (Lipinski definition) is 1. The van der Waals surface area contributed by atoms with E-state index in [1.54, 1.807) is 18.0 Å². The van der Waals surface area contributed by atoms with Gasteiger partial charge < -0.3 is 4.90 Å². The largest absolute Gasteiger partial charge is 0.325 e. The molecule has 1 amide bonds. The predicted molar refractivity (Wildman–Crippen MR) is 63.7 cm³/mol. The predicted octanol–water partition coefficient (Wildman–Crippen LogP) is 1.91. The zero-order valence-corrected chi connectivity index (χ0v) is 10.3. The SMILES string of the molecule is CC(C)C1NC(c2cccc(F)c2)N(C)C1=O. The lowest BCUT2D eigenvalue weighted by Gasteiger charge is -2.19. The first kappa shape index (κ1) is 12.0. The van der Waals surface area contributed by atoms with Crippen LogP contribution in [0.5, 0.6) is 0 Å². The maximum atomic E-state index is 13.2. The van der Waals surface area contributed by atoms with E-state index in [9.17, 15) is 9.18 Å². The molecule has 17 heavy (non-hydrogen) atoms. The van der Waals surface area contributed by atoms with Crippen LogP contribution >= 0.6 is 0 Å². The molecule has 1 aliphatic rings. The van der Waals surface area contributed by atoms with Crippen molar-refractivity contribution in [3.63, 3.8) is 0 Å². The van der Waals surface area contributed by atoms with Crippen LogP contribution in [0, 0.1) is 11.7 Å². The molecule has 1 fully saturated rings. The number of nitrogens with one attached hydrogen (secondary N) is 1. The third kappa shape index (κ3) is 2.17. The first-order valence-corrected chi connectivity index (χ1v) is 5.79. The first-order chi connectivity index (χ1) is 8.00. The van der Waals surface area contributed by atoms with Crippen molar-refractivity contribution in [1.29, 1.82) is 0 Å². The molecule has 1 aliphatic heterocycles. The summed E-state index contributed by atoms with van der Waals surface area (Å²) in [6.07, 6.45) is -0.231. The van der Waals surface area contributed by atoms with Gasteiger partial charge in [0, 0.05) is 7.05 Å². The fourth-order valence-electron chi connectivity index (χ4n) is 2.17. The van der Waals surface area contributed by atoms with Crippen molar-refractivity contribution in [2.24, 2.45) is 5.92 Å². The highest BCUT2D eigenvalue weighted by atomic mass is 19.1. The average Bonchev–Trinajstić information content (AvgIpc) is 2.56. The molecule has 1 N–H and O–H groups in total. The van der Waals surface area contributed by atoms with E-state index >= 15 is 0 Å². The first-order valence-electron chi connectivity index (χ1n) is 5.79. The van der Waals surface area contributed by atoms with E-state index in [1.165, 1.54) is 12.1 Å². The zero-order chi connectivity index (χ0) is 12.6. The van der Waals surface area contributed by atoms with Gasteiger partial charge in [0.15, 0.2) is 0 Å². The Kier molecular flexibility index (Phi) is 3.15. The molecule has 0 saturated carbocycles. The second kappa shape index (κ2) is 4.45. The maximum Gasteiger partial charge on any atom is 0.241 e. The normalized spacial score (nSPS) is 24.8. The number of halogens is 1. The van der Waals surface area contributed by atoms with Crippen LogP contribution in [0.15, 0.2) is 24.3 Å². The summed E-state index contributed by atoms with van der Waals surface area (Å²) in [7, 11) is 1.74. The smallest absolute Gasteiger partial charge is 0.241 e. The molecule has 92 valence electrons. The topological polar surface area (TPSA) is 32.3 Å². The molecule has 1 heterocycles. The van der Waals surface area contributed by atoms with Crippen molar-refractivity contribution in [3.05, 3.63) is 35.6 Å². The number of likely N-dealkylation sites (N-methyl/N-ethyl adjacent to an activating group) is 1. The van der Waals surface area contributed by atoms with Crippen molar-refractivity contribution in [3.8, 4) is 0 Å². The summed E-state index contributed by atoms with van der Waals surface area (Å²) in [5, 5.41) is 3.24. The summed E-state index contributed by atoms with van der Waals surface area (Å²) in [4.78, 5) is 13.6. The molecule has 2 atom stereocenters. The zero-order valence-electron chi connectivity index (χ0n) is 10.3. The standard InChI is InChI=1S/C13H17FN2O/c1-8(2)11-13(17)16(3)12(15-11)9-5-4-6-10(14)7-9/h4-8,11-12,15H,1-3H3. The van der Waals surface area contributed by atoms with Gasteiger partial charge in [-0.3, -0.25) is 10.1 Å². The lowest BCUT2D eigenvalue weighted by molar-refractivity contribution is -0.129. The van der Waals surface area contributed by atoms with Crippen LogP contribution in [0.3, 0.4) is 0 Å². The van der Waals surface area contributed by atoms with Gasteiger partial charge in [-0.1, -0.05) is 26.0 Å². The third-order valence-electron chi connectivity index (χ3n) is 3.17. The Hall–Kier alpha value is -1.42. The van der Waals surface area contributed by atoms with Crippen LogP contribution in [-0.4, -0.2) is 23.9 Å². The molecule has 2 rings (SSSR count). The van der Waals surface area contributed by atoms with Crippen LogP contribution in [0.25, 0.3) is 0 Å². The summed E-state index contributed by atoms with van der Waals surface area (Å²) in [5.74, 6) is 0.0101. The van der Waals surface area contributed by atoms with E-state index in [0.717, 1.165) is 5.56 Å². The summed E-state index contributed by atoms with van der Waals surface area (Å²) in [6.45, 7) is 3.99. The van der Waals surface area contributed by atoms with Crippen molar-refractivity contribution in [2.75, 3.05) is 7.05 Å². The molecule has 0 aromatic heterocycles. The van der Waals surface area contributed by atoms with Gasteiger partial charge in [0.2, 0.25) is 5.91 Å². The Morgan fingerprint density at radius 2 is 2.12 bits per heavy atom. The van der Waals surface area contributed by atoms with Gasteiger partial charge in [0.25, 0.3) is 0 Å². The highest BCUT2D eigenvalue weighted by Crippen LogP contribution is 2.26. The Labute approximate surface area is 101 Å². The number of amides is 1. The van der Waals surface area contributed by atoms with Crippen LogP contribution < -0.4 is 5.32 Å². The number of carbonyl (C=O) groups excluding carboxylic acids is 1. The van der Waals surface area contributed by atoms with Gasteiger partial charge in [-0.05, 0) is 23.6 Å². The highest BCUT2D eigenvalue weighted by molar-refractivity contribution is 5.84. The maximum absolute atomic E-state index is 13.2. The minimum atomic E-state index is -0.279. The van der Waals surface area contributed by atoms with Crippen LogP contribution in [0.1, 0.15) is 25.6 Å². The molecule has 1 aromatic rings. The Morgan fingerprint density at radius 3 is 2.65 bits per heavy atom. The molecule has 1 saturated heterocycles. The van der Waals surface area contributed by atoms with E-state index < -0.39 is 0 Å². The van der Waals surface area contributed by atoms with Crippen LogP contribution in [-0.2, 0) is 4.79 Å². The monoisotopic (exact) mass is 236 g/mol. The summed E-state index contributed by atoms with van der Waals surface area (Å²) in [6, 6.07) is 6.17. The average molecular weight is 236 g/mol. The molecule has 0 bridgehead atoms. The fraction of sp³-hybridized carbons (Fsp3) is 0.462. The van der Waals surface area contributed by atoms with E-state index in [1.807, 2.05) is 19.9 Å². The van der Waals surface area contributed by atoms with Gasteiger partial charge in [-0.25, -0.2) is 4.39 Å². The molecule has 0 aliphatic carbocycles. The number of rotatable bonds is 2. The summed E-state index contributed by atoms with van der Waals surface area (Å²) < 4.78 is 13.2. The third-order valence-corrected chi connectivity index (χ3v) is 3.17. The second-order valence-corrected chi connectivity index (χ2v) is 4.80. The van der Waals surface area contributed by atoms with E-state index in [4.69, 9.17) is 0 Å². The Bertz CT molecular complexity index is 433. The highest BCUT2D eigenvalue weighted by Gasteiger charge is 2.38. The van der Waals surface area contributed by atoms with Gasteiger partial charge in [0.05, 0.1) is 6.04 Å². The van der Waals surface area contributed by atoms with Gasteiger partial charge in [-0.2, -0.15) is 0 Å². The van der Waals surface area contributed by atoms with Crippen molar-refractivity contribution >= 4 is 5.91 Å². The van der Waals surface area contributed by atoms with Crippen LogP contribution in [0.2, 0.25) is 0 Å². The lowest BCUT2D eigenvalue weighted by atomic mass is 10.1. The van der Waals surface area contributed by atoms with Crippen molar-refractivity contribution < 1.29 is 9.18 Å². The molecule has 2 unspecified atom stereocenters. The van der Waals surface area contributed by atoms with Crippen molar-refractivity contribution in [2.45, 2.75) is 26.1 Å². The summed E-state index contributed by atoms with van der Waals surface area (Å²) in [5.41, 5.74) is 0.781. The Balaban J connectivity index is 2.26. The van der Waals surface area contributed by atoms with Gasteiger partial charge in [-0.15, -0.1) is 0 Å². The molecule has 3 nitrogen and oxygen atoms in total. The molecule has 0 radical (unpaired) electrons. The molecular weight excluding hydrogens is 219 g/mol. The number of carbonyl (C=O) groups is 1. The lowest BCUT2D eigenvalue weighted by Crippen LogP contribution is -2.33. The second-order valence-electron chi connectivity index (χ2n) is 4.80. The van der Waals surface area contributed by atoms with E-state index in [0.29, 0.717) is 0 Å². The minimum absolute atomic E-state index is 0.0641. The summed E-state index contributed by atoms with van der Waals surface area (Å²) >= 11 is 0. The van der Waals surface area contributed by atoms with E-state index in [-0.39, 0.29) is 29.8 Å². The molecule has 0 spiro atoms. The molecular formula is C13H17FN2O. The number of benzene rings is 1. The van der Waals surface area contributed by atoms with Crippen LogP contribution in [0.4, 0.5) is 4.39 Å². The molecule has 1 aromatic carbocycles. The number of hydrogen-bond acceptors (Lipinski definition) is 2. The Morgan fingerprint density at radius 1 is 1.41 bits per heavy atom. The van der Waals surface area contributed by atoms with Crippen molar-refractivity contribution in [1.82, 2.24) is 10.2 Å². The fourth-order valence-corrected chi connectivity index (χ4v) is 2.17. The molecule has 4 heteroatoms.